The number of primary amides is 1. The SMILES string of the molecule is Cc1nc(CCC(=O)N(C)C)cc([C@H]2CCCN2CC(N)=O)n1. The van der Waals surface area contributed by atoms with E-state index in [0.29, 0.717) is 18.7 Å². The molecule has 2 rings (SSSR count). The minimum atomic E-state index is -0.320. The Bertz CT molecular complexity index is 588. The molecule has 1 saturated heterocycles. The average Bonchev–Trinajstić information content (AvgIpc) is 2.91. The van der Waals surface area contributed by atoms with Gasteiger partial charge < -0.3 is 10.6 Å². The molecule has 1 aliphatic heterocycles. The molecular weight excluding hydrogens is 294 g/mol. The lowest BCUT2D eigenvalue weighted by Crippen LogP contribution is -2.33. The number of rotatable bonds is 6. The van der Waals surface area contributed by atoms with Crippen LogP contribution in [0.4, 0.5) is 0 Å². The highest BCUT2D eigenvalue weighted by Crippen LogP contribution is 2.30. The van der Waals surface area contributed by atoms with E-state index in [0.717, 1.165) is 30.8 Å². The molecular formula is C16H25N5O2. The van der Waals surface area contributed by atoms with Gasteiger partial charge in [0.15, 0.2) is 0 Å². The maximum absolute atomic E-state index is 11.7. The van der Waals surface area contributed by atoms with E-state index in [9.17, 15) is 9.59 Å². The van der Waals surface area contributed by atoms with E-state index in [2.05, 4.69) is 14.9 Å². The summed E-state index contributed by atoms with van der Waals surface area (Å²) in [6.07, 6.45) is 3.00. The van der Waals surface area contributed by atoms with Crippen molar-refractivity contribution >= 4 is 11.8 Å². The summed E-state index contributed by atoms with van der Waals surface area (Å²) in [5.74, 6) is 0.458. The van der Waals surface area contributed by atoms with Crippen LogP contribution in [0.5, 0.6) is 0 Å². The molecule has 0 radical (unpaired) electrons. The summed E-state index contributed by atoms with van der Waals surface area (Å²) in [6.45, 7) is 2.96. The fourth-order valence-corrected chi connectivity index (χ4v) is 2.96. The van der Waals surface area contributed by atoms with E-state index in [4.69, 9.17) is 5.73 Å². The number of aryl methyl sites for hydroxylation is 2. The molecule has 1 aromatic heterocycles. The molecule has 2 heterocycles. The van der Waals surface area contributed by atoms with Gasteiger partial charge in [0.1, 0.15) is 5.82 Å². The number of carbonyl (C=O) groups is 2. The molecule has 1 atom stereocenters. The van der Waals surface area contributed by atoms with Crippen molar-refractivity contribution in [3.05, 3.63) is 23.3 Å². The van der Waals surface area contributed by atoms with Crippen LogP contribution in [0.25, 0.3) is 0 Å². The Hall–Kier alpha value is -2.02. The molecule has 1 aliphatic rings. The number of nitrogens with two attached hydrogens (primary N) is 1. The molecule has 0 aromatic carbocycles. The minimum Gasteiger partial charge on any atom is -0.369 e. The fourth-order valence-electron chi connectivity index (χ4n) is 2.96. The van der Waals surface area contributed by atoms with Gasteiger partial charge in [-0.25, -0.2) is 9.97 Å². The Balaban J connectivity index is 2.13. The number of nitrogens with zero attached hydrogens (tertiary/aromatic N) is 4. The molecule has 1 fully saturated rings. The first kappa shape index (κ1) is 17.3. The van der Waals surface area contributed by atoms with Gasteiger partial charge in [0.2, 0.25) is 11.8 Å². The first-order valence-corrected chi connectivity index (χ1v) is 7.93. The Morgan fingerprint density at radius 1 is 1.39 bits per heavy atom. The van der Waals surface area contributed by atoms with Crippen molar-refractivity contribution in [2.75, 3.05) is 27.2 Å². The van der Waals surface area contributed by atoms with Crippen LogP contribution in [-0.2, 0) is 16.0 Å². The van der Waals surface area contributed by atoms with Crippen LogP contribution in [0, 0.1) is 6.92 Å². The Labute approximate surface area is 136 Å². The summed E-state index contributed by atoms with van der Waals surface area (Å²) in [5.41, 5.74) is 7.12. The smallest absolute Gasteiger partial charge is 0.231 e. The fraction of sp³-hybridized carbons (Fsp3) is 0.625. The summed E-state index contributed by atoms with van der Waals surface area (Å²) in [5, 5.41) is 0. The predicted octanol–water partition coefficient (Wildman–Crippen LogP) is 0.428. The van der Waals surface area contributed by atoms with Gasteiger partial charge in [0, 0.05) is 26.2 Å². The molecule has 7 heteroatoms. The zero-order valence-corrected chi connectivity index (χ0v) is 14.1. The summed E-state index contributed by atoms with van der Waals surface area (Å²) in [4.78, 5) is 35.6. The summed E-state index contributed by atoms with van der Waals surface area (Å²) < 4.78 is 0. The zero-order chi connectivity index (χ0) is 17.0. The molecule has 1 aromatic rings. The maximum Gasteiger partial charge on any atom is 0.231 e. The third kappa shape index (κ3) is 4.72. The quantitative estimate of drug-likeness (QED) is 0.821. The van der Waals surface area contributed by atoms with Gasteiger partial charge in [-0.15, -0.1) is 0 Å². The number of hydrogen-bond donors (Lipinski definition) is 1. The predicted molar refractivity (Wildman–Crippen MR) is 86.5 cm³/mol. The molecule has 23 heavy (non-hydrogen) atoms. The number of likely N-dealkylation sites (tertiary alicyclic amines) is 1. The van der Waals surface area contributed by atoms with Crippen molar-refractivity contribution in [3.8, 4) is 0 Å². The first-order valence-electron chi connectivity index (χ1n) is 7.93. The van der Waals surface area contributed by atoms with Crippen LogP contribution in [0.2, 0.25) is 0 Å². The lowest BCUT2D eigenvalue weighted by molar-refractivity contribution is -0.128. The molecule has 0 spiro atoms. The largest absolute Gasteiger partial charge is 0.369 e. The van der Waals surface area contributed by atoms with Gasteiger partial charge in [-0.05, 0) is 38.8 Å². The monoisotopic (exact) mass is 319 g/mol. The molecule has 2 amide bonds. The van der Waals surface area contributed by atoms with Crippen LogP contribution in [0.15, 0.2) is 6.07 Å². The summed E-state index contributed by atoms with van der Waals surface area (Å²) in [6, 6.07) is 2.06. The second kappa shape index (κ2) is 7.50. The highest BCUT2D eigenvalue weighted by molar-refractivity contribution is 5.76. The molecule has 2 N–H and O–H groups in total. The highest BCUT2D eigenvalue weighted by atomic mass is 16.2. The van der Waals surface area contributed by atoms with Gasteiger partial charge in [-0.3, -0.25) is 14.5 Å². The molecule has 0 unspecified atom stereocenters. The zero-order valence-electron chi connectivity index (χ0n) is 14.1. The van der Waals surface area contributed by atoms with Crippen molar-refractivity contribution < 1.29 is 9.59 Å². The van der Waals surface area contributed by atoms with Crippen LogP contribution in [0.1, 0.15) is 42.5 Å². The van der Waals surface area contributed by atoms with Gasteiger partial charge in [0.25, 0.3) is 0 Å². The van der Waals surface area contributed by atoms with Gasteiger partial charge in [-0.1, -0.05) is 0 Å². The van der Waals surface area contributed by atoms with Crippen molar-refractivity contribution in [1.29, 1.82) is 0 Å². The van der Waals surface area contributed by atoms with Crippen molar-refractivity contribution in [2.45, 2.75) is 38.6 Å². The molecule has 0 aliphatic carbocycles. The number of amides is 2. The van der Waals surface area contributed by atoms with Crippen LogP contribution in [-0.4, -0.2) is 58.8 Å². The average molecular weight is 319 g/mol. The van der Waals surface area contributed by atoms with Crippen LogP contribution < -0.4 is 5.73 Å². The molecule has 126 valence electrons. The van der Waals surface area contributed by atoms with Gasteiger partial charge in [-0.2, -0.15) is 0 Å². The van der Waals surface area contributed by atoms with E-state index < -0.39 is 0 Å². The Kier molecular flexibility index (Phi) is 5.65. The number of carbonyl (C=O) groups excluding carboxylic acids is 2. The van der Waals surface area contributed by atoms with Crippen LogP contribution >= 0.6 is 0 Å². The second-order valence-corrected chi connectivity index (χ2v) is 6.21. The molecule has 7 nitrogen and oxygen atoms in total. The van der Waals surface area contributed by atoms with E-state index in [1.54, 1.807) is 19.0 Å². The van der Waals surface area contributed by atoms with E-state index >= 15 is 0 Å². The summed E-state index contributed by atoms with van der Waals surface area (Å²) in [7, 11) is 3.50. The second-order valence-electron chi connectivity index (χ2n) is 6.21. The normalized spacial score (nSPS) is 18.1. The van der Waals surface area contributed by atoms with Gasteiger partial charge >= 0.3 is 0 Å². The number of aromatic nitrogens is 2. The topological polar surface area (TPSA) is 92.4 Å². The van der Waals surface area contributed by atoms with Crippen LogP contribution in [0.3, 0.4) is 0 Å². The summed E-state index contributed by atoms with van der Waals surface area (Å²) >= 11 is 0. The molecule has 0 bridgehead atoms. The standard InChI is InChI=1S/C16H25N5O2/c1-11-18-12(6-7-16(23)20(2)3)9-13(19-11)14-5-4-8-21(14)10-15(17)22/h9,14H,4-8,10H2,1-3H3,(H2,17,22)/t14-/m1/s1. The van der Waals surface area contributed by atoms with E-state index in [-0.39, 0.29) is 24.4 Å². The lowest BCUT2D eigenvalue weighted by Gasteiger charge is -2.23. The minimum absolute atomic E-state index is 0.0824. The third-order valence-corrected chi connectivity index (χ3v) is 4.07. The maximum atomic E-state index is 11.7. The van der Waals surface area contributed by atoms with Crippen molar-refractivity contribution in [2.24, 2.45) is 5.73 Å². The molecule has 0 saturated carbocycles. The first-order chi connectivity index (χ1) is 10.9. The van der Waals surface area contributed by atoms with E-state index in [1.165, 1.54) is 0 Å². The lowest BCUT2D eigenvalue weighted by atomic mass is 10.1. The highest BCUT2D eigenvalue weighted by Gasteiger charge is 2.28. The number of hydrogen-bond acceptors (Lipinski definition) is 5. The Morgan fingerprint density at radius 2 is 2.13 bits per heavy atom. The van der Waals surface area contributed by atoms with Gasteiger partial charge in [0.05, 0.1) is 18.3 Å². The van der Waals surface area contributed by atoms with Crippen molar-refractivity contribution in [1.82, 2.24) is 19.8 Å². The Morgan fingerprint density at radius 3 is 2.78 bits per heavy atom. The third-order valence-electron chi connectivity index (χ3n) is 4.07. The van der Waals surface area contributed by atoms with Crippen molar-refractivity contribution in [3.63, 3.8) is 0 Å². The van der Waals surface area contributed by atoms with E-state index in [1.807, 2.05) is 13.0 Å².